The monoisotopic (exact) mass is 298 g/mol. The smallest absolute Gasteiger partial charge is 0.207 e. The van der Waals surface area contributed by atoms with E-state index in [-0.39, 0.29) is 33.8 Å². The molecule has 0 saturated carbocycles. The summed E-state index contributed by atoms with van der Waals surface area (Å²) in [5.74, 6) is -0.722. The average molecular weight is 298 g/mol. The van der Waals surface area contributed by atoms with E-state index in [1.54, 1.807) is 0 Å². The quantitative estimate of drug-likeness (QED) is 0.627. The van der Waals surface area contributed by atoms with E-state index in [4.69, 9.17) is 4.42 Å². The molecule has 2 aromatic carbocycles. The van der Waals surface area contributed by atoms with E-state index in [9.17, 15) is 24.9 Å². The normalized spacial score (nSPS) is 10.7. The molecule has 1 heterocycles. The molecule has 0 amide bonds. The third-order valence-electron chi connectivity index (χ3n) is 3.24. The SMILES string of the molecule is O=Cc1c(-c2ccc(O)cc2)oc2cc(O)cc(O)c2c1=O. The molecule has 0 radical (unpaired) electrons. The van der Waals surface area contributed by atoms with Gasteiger partial charge in [0, 0.05) is 17.7 Å². The molecule has 1 aromatic heterocycles. The first-order valence-electron chi connectivity index (χ1n) is 6.28. The van der Waals surface area contributed by atoms with Gasteiger partial charge in [-0.05, 0) is 24.3 Å². The van der Waals surface area contributed by atoms with Crippen LogP contribution in [-0.2, 0) is 0 Å². The zero-order valence-corrected chi connectivity index (χ0v) is 11.1. The molecule has 22 heavy (non-hydrogen) atoms. The minimum atomic E-state index is -0.697. The Hall–Kier alpha value is -3.28. The van der Waals surface area contributed by atoms with Crippen LogP contribution in [0.5, 0.6) is 17.2 Å². The molecule has 0 aliphatic carbocycles. The van der Waals surface area contributed by atoms with Gasteiger partial charge in [0.25, 0.3) is 0 Å². The first kappa shape index (κ1) is 13.7. The largest absolute Gasteiger partial charge is 0.508 e. The second-order valence-corrected chi connectivity index (χ2v) is 4.68. The highest BCUT2D eigenvalue weighted by atomic mass is 16.3. The lowest BCUT2D eigenvalue weighted by molar-refractivity contribution is 0.112. The second kappa shape index (κ2) is 4.92. The van der Waals surface area contributed by atoms with Crippen LogP contribution in [-0.4, -0.2) is 21.6 Å². The number of fused-ring (bicyclic) bond motifs is 1. The summed E-state index contributed by atoms with van der Waals surface area (Å²) in [6.07, 6.45) is 0.347. The predicted octanol–water partition coefficient (Wildman–Crippen LogP) is 2.39. The molecule has 0 saturated heterocycles. The lowest BCUT2D eigenvalue weighted by atomic mass is 10.0. The summed E-state index contributed by atoms with van der Waals surface area (Å²) in [7, 11) is 0. The average Bonchev–Trinajstić information content (AvgIpc) is 2.47. The van der Waals surface area contributed by atoms with Gasteiger partial charge in [0.15, 0.2) is 6.29 Å². The number of hydrogen-bond donors (Lipinski definition) is 3. The van der Waals surface area contributed by atoms with Crippen molar-refractivity contribution in [1.82, 2.24) is 0 Å². The van der Waals surface area contributed by atoms with E-state index >= 15 is 0 Å². The minimum absolute atomic E-state index is 0.00231. The number of carbonyl (C=O) groups is 1. The van der Waals surface area contributed by atoms with Crippen molar-refractivity contribution in [3.8, 4) is 28.6 Å². The van der Waals surface area contributed by atoms with Crippen LogP contribution < -0.4 is 5.43 Å². The molecule has 110 valence electrons. The van der Waals surface area contributed by atoms with Crippen LogP contribution in [0.3, 0.4) is 0 Å². The molecular formula is C16H10O6. The summed E-state index contributed by atoms with van der Waals surface area (Å²) in [5, 5.41) is 28.4. The third-order valence-corrected chi connectivity index (χ3v) is 3.24. The molecule has 0 aliphatic heterocycles. The maximum Gasteiger partial charge on any atom is 0.207 e. The summed E-state index contributed by atoms with van der Waals surface area (Å²) in [4.78, 5) is 23.6. The molecule has 3 aromatic rings. The van der Waals surface area contributed by atoms with E-state index in [1.807, 2.05) is 0 Å². The number of phenolic OH excluding ortho intramolecular Hbond substituents is 3. The Morgan fingerprint density at radius 1 is 0.955 bits per heavy atom. The number of aldehydes is 1. The van der Waals surface area contributed by atoms with E-state index in [2.05, 4.69) is 0 Å². The molecule has 0 bridgehead atoms. The van der Waals surface area contributed by atoms with Gasteiger partial charge < -0.3 is 19.7 Å². The van der Waals surface area contributed by atoms with Crippen molar-refractivity contribution in [2.45, 2.75) is 0 Å². The van der Waals surface area contributed by atoms with E-state index in [0.717, 1.165) is 6.07 Å². The van der Waals surface area contributed by atoms with Crippen LogP contribution >= 0.6 is 0 Å². The molecule has 0 atom stereocenters. The molecule has 0 fully saturated rings. The maximum atomic E-state index is 12.4. The number of carbonyl (C=O) groups excluding carboxylic acids is 1. The molecule has 3 N–H and O–H groups in total. The van der Waals surface area contributed by atoms with E-state index in [0.29, 0.717) is 11.8 Å². The highest BCUT2D eigenvalue weighted by Gasteiger charge is 2.18. The second-order valence-electron chi connectivity index (χ2n) is 4.68. The highest BCUT2D eigenvalue weighted by molar-refractivity contribution is 5.94. The fraction of sp³-hybridized carbons (Fsp3) is 0. The Bertz CT molecular complexity index is 937. The Balaban J connectivity index is 2.42. The fourth-order valence-electron chi connectivity index (χ4n) is 2.23. The van der Waals surface area contributed by atoms with Crippen LogP contribution in [0, 0.1) is 0 Å². The first-order chi connectivity index (χ1) is 10.5. The van der Waals surface area contributed by atoms with Crippen molar-refractivity contribution in [1.29, 1.82) is 0 Å². The van der Waals surface area contributed by atoms with Gasteiger partial charge in [0.05, 0.1) is 0 Å². The summed E-state index contributed by atoms with van der Waals surface area (Å²) in [6, 6.07) is 7.90. The molecular weight excluding hydrogens is 288 g/mol. The zero-order valence-electron chi connectivity index (χ0n) is 11.1. The van der Waals surface area contributed by atoms with E-state index < -0.39 is 11.2 Å². The van der Waals surface area contributed by atoms with Crippen LogP contribution in [0.2, 0.25) is 0 Å². The standard InChI is InChI=1S/C16H10O6/c17-7-11-15(21)14-12(20)5-10(19)6-13(14)22-16(11)8-1-3-9(18)4-2-8/h1-7,18-20H. The summed E-state index contributed by atoms with van der Waals surface area (Å²) < 4.78 is 5.52. The van der Waals surface area contributed by atoms with Gasteiger partial charge in [0.2, 0.25) is 5.43 Å². The Kier molecular flexibility index (Phi) is 3.06. The van der Waals surface area contributed by atoms with Crippen LogP contribution in [0.4, 0.5) is 0 Å². The Morgan fingerprint density at radius 2 is 1.64 bits per heavy atom. The van der Waals surface area contributed by atoms with Crippen molar-refractivity contribution in [2.24, 2.45) is 0 Å². The number of benzene rings is 2. The zero-order chi connectivity index (χ0) is 15.9. The highest BCUT2D eigenvalue weighted by Crippen LogP contribution is 2.32. The lowest BCUT2D eigenvalue weighted by Crippen LogP contribution is -2.10. The number of rotatable bonds is 2. The molecule has 6 heteroatoms. The topological polar surface area (TPSA) is 108 Å². The molecule has 0 unspecified atom stereocenters. The van der Waals surface area contributed by atoms with Gasteiger partial charge >= 0.3 is 0 Å². The van der Waals surface area contributed by atoms with Gasteiger partial charge in [-0.2, -0.15) is 0 Å². The Morgan fingerprint density at radius 3 is 2.27 bits per heavy atom. The fourth-order valence-corrected chi connectivity index (χ4v) is 2.23. The third kappa shape index (κ3) is 2.07. The summed E-state index contributed by atoms with van der Waals surface area (Å²) >= 11 is 0. The van der Waals surface area contributed by atoms with Crippen molar-refractivity contribution < 1.29 is 24.5 Å². The molecule has 6 nitrogen and oxygen atoms in total. The maximum absolute atomic E-state index is 12.4. The minimum Gasteiger partial charge on any atom is -0.508 e. The van der Waals surface area contributed by atoms with Crippen LogP contribution in [0.25, 0.3) is 22.3 Å². The molecule has 0 spiro atoms. The number of phenols is 3. The van der Waals surface area contributed by atoms with Gasteiger partial charge in [-0.3, -0.25) is 9.59 Å². The van der Waals surface area contributed by atoms with Gasteiger partial charge in [-0.15, -0.1) is 0 Å². The van der Waals surface area contributed by atoms with Crippen molar-refractivity contribution in [3.63, 3.8) is 0 Å². The summed E-state index contributed by atoms with van der Waals surface area (Å²) in [5.41, 5.74) is -0.589. The first-order valence-corrected chi connectivity index (χ1v) is 6.28. The van der Waals surface area contributed by atoms with Gasteiger partial charge in [-0.25, -0.2) is 0 Å². The van der Waals surface area contributed by atoms with Crippen LogP contribution in [0.15, 0.2) is 45.6 Å². The number of hydrogen-bond acceptors (Lipinski definition) is 6. The van der Waals surface area contributed by atoms with Gasteiger partial charge in [0.1, 0.15) is 39.5 Å². The summed E-state index contributed by atoms with van der Waals surface area (Å²) in [6.45, 7) is 0. The number of aromatic hydroxyl groups is 3. The van der Waals surface area contributed by atoms with Crippen molar-refractivity contribution in [3.05, 3.63) is 52.2 Å². The lowest BCUT2D eigenvalue weighted by Gasteiger charge is -2.08. The predicted molar refractivity (Wildman–Crippen MR) is 78.3 cm³/mol. The Labute approximate surface area is 123 Å². The van der Waals surface area contributed by atoms with Gasteiger partial charge in [-0.1, -0.05) is 0 Å². The van der Waals surface area contributed by atoms with Crippen molar-refractivity contribution >= 4 is 17.3 Å². The van der Waals surface area contributed by atoms with Crippen molar-refractivity contribution in [2.75, 3.05) is 0 Å². The molecule has 3 rings (SSSR count). The molecule has 0 aliphatic rings. The van der Waals surface area contributed by atoms with Crippen LogP contribution in [0.1, 0.15) is 10.4 Å². The van der Waals surface area contributed by atoms with E-state index in [1.165, 1.54) is 30.3 Å².